The zero-order chi connectivity index (χ0) is 6.62. The molecule has 0 aromatic carbocycles. The molecule has 0 heterocycles. The number of halogens is 2. The van der Waals surface area contributed by atoms with Crippen LogP contribution in [0.5, 0.6) is 0 Å². The van der Waals surface area contributed by atoms with Gasteiger partial charge in [-0.3, -0.25) is 0 Å². The maximum absolute atomic E-state index is 9.53. The van der Waals surface area contributed by atoms with Crippen LogP contribution in [0, 0.1) is 10.2 Å². The highest BCUT2D eigenvalue weighted by atomic mass is 35.7. The number of hydrogen-bond acceptors (Lipinski definition) is 4. The molecule has 8 heavy (non-hydrogen) atoms. The minimum Gasteiger partial charge on any atom is -0.183 e. The van der Waals surface area contributed by atoms with Gasteiger partial charge >= 0.3 is 0 Å². The zero-order valence-electron chi connectivity index (χ0n) is 3.80. The molecule has 4 nitrogen and oxygen atoms in total. The standard InChI is InChI=1S/C2H4Cl2O4/c3-1-2-8-4(5,6)7/h1-2H2. The van der Waals surface area contributed by atoms with E-state index in [4.69, 9.17) is 11.6 Å². The fourth-order valence-electron chi connectivity index (χ4n) is 0.124. The van der Waals surface area contributed by atoms with Gasteiger partial charge in [0.25, 0.3) is 0 Å². The second kappa shape index (κ2) is 3.45. The molecule has 0 atom stereocenters. The van der Waals surface area contributed by atoms with E-state index in [0.29, 0.717) is 0 Å². The Balaban J connectivity index is 3.11. The van der Waals surface area contributed by atoms with E-state index in [2.05, 4.69) is 4.29 Å². The van der Waals surface area contributed by atoms with Crippen molar-refractivity contribution >= 4 is 11.6 Å². The molecular formula is C2H4Cl2O4. The molecule has 0 saturated carbocycles. The summed E-state index contributed by atoms with van der Waals surface area (Å²) in [5, 5.41) is 0. The molecule has 0 saturated heterocycles. The van der Waals surface area contributed by atoms with Gasteiger partial charge in [-0.25, -0.2) is 0 Å². The molecule has 50 valence electrons. The third-order valence-corrected chi connectivity index (χ3v) is 0.864. The molecule has 6 heteroatoms. The SMILES string of the molecule is [O-][Cl+3]([O-])([O-])OCCCl. The van der Waals surface area contributed by atoms with Crippen molar-refractivity contribution in [2.24, 2.45) is 0 Å². The van der Waals surface area contributed by atoms with Crippen LogP contribution < -0.4 is 14.0 Å². The maximum atomic E-state index is 9.53. The Bertz CT molecular complexity index is 59.5. The van der Waals surface area contributed by atoms with Gasteiger partial charge in [-0.1, -0.05) is 0 Å². The van der Waals surface area contributed by atoms with Crippen molar-refractivity contribution < 1.29 is 28.5 Å². The molecule has 0 bridgehead atoms. The third kappa shape index (κ3) is 6.42. The second-order valence-corrected chi connectivity index (χ2v) is 2.23. The molecule has 0 N–H and O–H groups in total. The second-order valence-electron chi connectivity index (χ2n) is 0.880. The van der Waals surface area contributed by atoms with E-state index in [-0.39, 0.29) is 12.5 Å². The van der Waals surface area contributed by atoms with Gasteiger partial charge < -0.3 is 0 Å². The first-order valence-electron chi connectivity index (χ1n) is 1.67. The predicted molar refractivity (Wildman–Crippen MR) is 16.7 cm³/mol. The Morgan fingerprint density at radius 2 is 1.88 bits per heavy atom. The van der Waals surface area contributed by atoms with Crippen molar-refractivity contribution in [2.75, 3.05) is 12.5 Å². The maximum Gasteiger partial charge on any atom is 0.217 e. The van der Waals surface area contributed by atoms with Crippen LogP contribution in [0.4, 0.5) is 0 Å². The first-order chi connectivity index (χ1) is 3.56. The lowest BCUT2D eigenvalue weighted by Gasteiger charge is -2.10. The van der Waals surface area contributed by atoms with E-state index in [0.717, 1.165) is 0 Å². The Kier molecular flexibility index (Phi) is 3.63. The first-order valence-corrected chi connectivity index (χ1v) is 3.44. The van der Waals surface area contributed by atoms with Crippen LogP contribution in [0.1, 0.15) is 0 Å². The Labute approximate surface area is 53.4 Å². The fraction of sp³-hybridized carbons (Fsp3) is 1.00. The van der Waals surface area contributed by atoms with E-state index in [9.17, 15) is 14.0 Å². The van der Waals surface area contributed by atoms with E-state index >= 15 is 0 Å². The van der Waals surface area contributed by atoms with Crippen LogP contribution in [0.15, 0.2) is 0 Å². The van der Waals surface area contributed by atoms with Crippen molar-refractivity contribution in [2.45, 2.75) is 0 Å². The minimum atomic E-state index is -4.27. The lowest BCUT2D eigenvalue weighted by Crippen LogP contribution is -2.61. The molecule has 0 spiro atoms. The zero-order valence-corrected chi connectivity index (χ0v) is 5.31. The smallest absolute Gasteiger partial charge is 0.183 e. The summed E-state index contributed by atoms with van der Waals surface area (Å²) in [5.41, 5.74) is 0. The molecular weight excluding hydrogens is 159 g/mol. The monoisotopic (exact) mass is 162 g/mol. The van der Waals surface area contributed by atoms with Crippen LogP contribution in [0.3, 0.4) is 0 Å². The fourth-order valence-corrected chi connectivity index (χ4v) is 0.546. The normalized spacial score (nSPS) is 12.0. The molecule has 0 fully saturated rings. The summed E-state index contributed by atoms with van der Waals surface area (Å²) < 4.78 is 32.2. The van der Waals surface area contributed by atoms with Gasteiger partial charge in [-0.05, 0) is 0 Å². The van der Waals surface area contributed by atoms with Crippen molar-refractivity contribution in [3.63, 3.8) is 0 Å². The van der Waals surface area contributed by atoms with Gasteiger partial charge in [0.15, 0.2) is 0 Å². The summed E-state index contributed by atoms with van der Waals surface area (Å²) in [5.74, 6) is -0.00549. The van der Waals surface area contributed by atoms with Crippen molar-refractivity contribution in [1.29, 1.82) is 0 Å². The van der Waals surface area contributed by atoms with Crippen LogP contribution in [0.2, 0.25) is 0 Å². The van der Waals surface area contributed by atoms with E-state index < -0.39 is 10.2 Å². The average molecular weight is 163 g/mol. The summed E-state index contributed by atoms with van der Waals surface area (Å²) in [6, 6.07) is 0. The van der Waals surface area contributed by atoms with Crippen molar-refractivity contribution in [3.05, 3.63) is 0 Å². The van der Waals surface area contributed by atoms with E-state index in [1.807, 2.05) is 0 Å². The van der Waals surface area contributed by atoms with Crippen LogP contribution in [-0.2, 0) is 4.29 Å². The van der Waals surface area contributed by atoms with Gasteiger partial charge in [0, 0.05) is 0 Å². The molecule has 0 aromatic heterocycles. The van der Waals surface area contributed by atoms with Crippen molar-refractivity contribution in [1.82, 2.24) is 0 Å². The molecule has 0 aromatic rings. The van der Waals surface area contributed by atoms with E-state index in [1.54, 1.807) is 0 Å². The number of hydrogen-bond donors (Lipinski definition) is 0. The quantitative estimate of drug-likeness (QED) is 0.419. The molecule has 0 aliphatic rings. The summed E-state index contributed by atoms with van der Waals surface area (Å²) in [4.78, 5) is 0. The summed E-state index contributed by atoms with van der Waals surface area (Å²) >= 11 is 4.97. The van der Waals surface area contributed by atoms with Gasteiger partial charge in [0.05, 0.1) is 20.4 Å². The highest BCUT2D eigenvalue weighted by Gasteiger charge is 2.14. The molecule has 0 aliphatic heterocycles. The van der Waals surface area contributed by atoms with Crippen molar-refractivity contribution in [3.8, 4) is 0 Å². The summed E-state index contributed by atoms with van der Waals surface area (Å²) in [6.45, 7) is -0.269. The van der Waals surface area contributed by atoms with Crippen LogP contribution >= 0.6 is 11.6 Å². The highest BCUT2D eigenvalue weighted by Crippen LogP contribution is 1.87. The average Bonchev–Trinajstić information content (AvgIpc) is 1.59. The highest BCUT2D eigenvalue weighted by molar-refractivity contribution is 6.17. The van der Waals surface area contributed by atoms with Gasteiger partial charge in [0.2, 0.25) is 6.61 Å². The first kappa shape index (κ1) is 8.42. The predicted octanol–water partition coefficient (Wildman–Crippen LogP) is -2.86. The molecule has 0 unspecified atom stereocenters. The Hall–Kier alpha value is 0.420. The minimum absolute atomic E-state index is 0.00549. The molecule has 0 amide bonds. The summed E-state index contributed by atoms with van der Waals surface area (Å²) in [7, 11) is -4.27. The third-order valence-electron chi connectivity index (χ3n) is 0.288. The number of alkyl halides is 1. The van der Waals surface area contributed by atoms with Crippen LogP contribution in [0.25, 0.3) is 0 Å². The van der Waals surface area contributed by atoms with Gasteiger partial charge in [-0.2, -0.15) is 14.0 Å². The molecule has 0 rings (SSSR count). The summed E-state index contributed by atoms with van der Waals surface area (Å²) in [6.07, 6.45) is 0. The molecule has 0 aliphatic carbocycles. The molecule has 0 radical (unpaired) electrons. The number of rotatable bonds is 3. The van der Waals surface area contributed by atoms with E-state index in [1.165, 1.54) is 0 Å². The van der Waals surface area contributed by atoms with Gasteiger partial charge in [0.1, 0.15) is 0 Å². The Morgan fingerprint density at radius 1 is 1.38 bits per heavy atom. The topological polar surface area (TPSA) is 78.4 Å². The Morgan fingerprint density at radius 3 is 2.00 bits per heavy atom. The van der Waals surface area contributed by atoms with Gasteiger partial charge in [-0.15, -0.1) is 11.6 Å². The largest absolute Gasteiger partial charge is 0.217 e. The lowest BCUT2D eigenvalue weighted by atomic mass is 10.9. The van der Waals surface area contributed by atoms with Crippen LogP contribution in [-0.4, -0.2) is 12.5 Å². The lowest BCUT2D eigenvalue weighted by molar-refractivity contribution is -1.92.